The number of rotatable bonds is 7. The Morgan fingerprint density at radius 1 is 1.11 bits per heavy atom. The van der Waals surface area contributed by atoms with Crippen LogP contribution in [-0.2, 0) is 19.4 Å². The molecule has 1 aromatic carbocycles. The van der Waals surface area contributed by atoms with Crippen molar-refractivity contribution in [2.24, 2.45) is 4.99 Å². The zero-order valence-corrected chi connectivity index (χ0v) is 16.7. The van der Waals surface area contributed by atoms with Gasteiger partial charge < -0.3 is 19.6 Å². The van der Waals surface area contributed by atoms with E-state index in [2.05, 4.69) is 42.9 Å². The van der Waals surface area contributed by atoms with Crippen LogP contribution in [0.1, 0.15) is 35.7 Å². The first-order chi connectivity index (χ1) is 13.6. The Bertz CT molecular complexity index is 907. The van der Waals surface area contributed by atoms with E-state index in [1.54, 1.807) is 7.05 Å². The van der Waals surface area contributed by atoms with Crippen LogP contribution in [0.5, 0.6) is 0 Å². The lowest BCUT2D eigenvalue weighted by atomic mass is 10.1. The summed E-state index contributed by atoms with van der Waals surface area (Å²) >= 11 is 0. The highest BCUT2D eigenvalue weighted by molar-refractivity contribution is 5.79. The molecule has 0 aliphatic carbocycles. The van der Waals surface area contributed by atoms with Crippen LogP contribution in [0.4, 0.5) is 0 Å². The first-order valence-corrected chi connectivity index (χ1v) is 9.38. The number of oxazole rings is 1. The second-order valence-electron chi connectivity index (χ2n) is 6.42. The Morgan fingerprint density at radius 3 is 2.50 bits per heavy atom. The minimum absolute atomic E-state index is 0.493. The topological polar surface area (TPSA) is 101 Å². The number of nitrogens with zero attached hydrogens (tertiary/aromatic N) is 4. The van der Waals surface area contributed by atoms with Gasteiger partial charge in [-0.25, -0.2) is 4.98 Å². The van der Waals surface area contributed by atoms with Crippen molar-refractivity contribution in [3.8, 4) is 11.5 Å². The zero-order chi connectivity index (χ0) is 19.9. The molecule has 0 amide bonds. The van der Waals surface area contributed by atoms with Crippen LogP contribution in [0.25, 0.3) is 11.5 Å². The van der Waals surface area contributed by atoms with Crippen LogP contribution in [0.15, 0.2) is 38.2 Å². The van der Waals surface area contributed by atoms with Gasteiger partial charge in [0.25, 0.3) is 5.89 Å². The average Bonchev–Trinajstić information content (AvgIpc) is 3.31. The standard InChI is InChI=1S/C20H26N6O2/c1-5-17-25-19(28-26-17)16-8-6-15(7-9-16)10-11-22-20(21-4)23-12-18-24-13(2)14(3)27-18/h6-9H,5,10-12H2,1-4H3,(H2,21,22,23). The van der Waals surface area contributed by atoms with Crippen LogP contribution in [0.2, 0.25) is 0 Å². The molecule has 3 aromatic rings. The molecule has 28 heavy (non-hydrogen) atoms. The second-order valence-corrected chi connectivity index (χ2v) is 6.42. The largest absolute Gasteiger partial charge is 0.444 e. The van der Waals surface area contributed by atoms with E-state index >= 15 is 0 Å². The van der Waals surface area contributed by atoms with E-state index in [1.165, 1.54) is 5.56 Å². The molecule has 8 nitrogen and oxygen atoms in total. The normalized spacial score (nSPS) is 11.6. The molecule has 2 N–H and O–H groups in total. The van der Waals surface area contributed by atoms with E-state index in [9.17, 15) is 0 Å². The third kappa shape index (κ3) is 4.97. The zero-order valence-electron chi connectivity index (χ0n) is 16.7. The maximum absolute atomic E-state index is 5.57. The molecule has 0 fully saturated rings. The molecule has 3 rings (SSSR count). The van der Waals surface area contributed by atoms with Crippen molar-refractivity contribution in [2.75, 3.05) is 13.6 Å². The molecule has 8 heteroatoms. The Kier molecular flexibility index (Phi) is 6.41. The van der Waals surface area contributed by atoms with Crippen molar-refractivity contribution in [1.29, 1.82) is 0 Å². The summed E-state index contributed by atoms with van der Waals surface area (Å²) in [4.78, 5) is 12.9. The Balaban J connectivity index is 1.46. The Hall–Kier alpha value is -3.16. The molecular formula is C20H26N6O2. The Morgan fingerprint density at radius 2 is 1.89 bits per heavy atom. The maximum Gasteiger partial charge on any atom is 0.257 e. The highest BCUT2D eigenvalue weighted by atomic mass is 16.5. The van der Waals surface area contributed by atoms with Crippen LogP contribution < -0.4 is 10.6 Å². The minimum atomic E-state index is 0.493. The maximum atomic E-state index is 5.57. The summed E-state index contributed by atoms with van der Waals surface area (Å²) in [5, 5.41) is 10.4. The van der Waals surface area contributed by atoms with Crippen molar-refractivity contribution < 1.29 is 8.94 Å². The van der Waals surface area contributed by atoms with Crippen molar-refractivity contribution in [1.82, 2.24) is 25.8 Å². The fourth-order valence-electron chi connectivity index (χ4n) is 2.65. The molecule has 0 unspecified atom stereocenters. The van der Waals surface area contributed by atoms with Gasteiger partial charge in [-0.05, 0) is 38.0 Å². The predicted octanol–water partition coefficient (Wildman–Crippen LogP) is 2.81. The molecule has 2 aromatic heterocycles. The van der Waals surface area contributed by atoms with Gasteiger partial charge in [0.2, 0.25) is 5.89 Å². The van der Waals surface area contributed by atoms with E-state index in [4.69, 9.17) is 8.94 Å². The summed E-state index contributed by atoms with van der Waals surface area (Å²) in [6, 6.07) is 8.15. The summed E-state index contributed by atoms with van der Waals surface area (Å²) in [7, 11) is 1.74. The molecule has 148 valence electrons. The lowest BCUT2D eigenvalue weighted by Crippen LogP contribution is -2.37. The van der Waals surface area contributed by atoms with Crippen LogP contribution in [0.3, 0.4) is 0 Å². The number of nitrogens with one attached hydrogen (secondary N) is 2. The molecule has 0 aliphatic heterocycles. The highest BCUT2D eigenvalue weighted by Gasteiger charge is 2.08. The smallest absolute Gasteiger partial charge is 0.257 e. The van der Waals surface area contributed by atoms with E-state index in [0.29, 0.717) is 24.3 Å². The number of aromatic nitrogens is 3. The van der Waals surface area contributed by atoms with Gasteiger partial charge in [0.15, 0.2) is 11.8 Å². The summed E-state index contributed by atoms with van der Waals surface area (Å²) in [6.45, 7) is 7.09. The Labute approximate surface area is 164 Å². The molecule has 0 saturated carbocycles. The summed E-state index contributed by atoms with van der Waals surface area (Å²) in [5.41, 5.74) is 3.05. The third-order valence-electron chi connectivity index (χ3n) is 4.39. The van der Waals surface area contributed by atoms with E-state index in [-0.39, 0.29) is 0 Å². The monoisotopic (exact) mass is 382 g/mol. The van der Waals surface area contributed by atoms with Gasteiger partial charge in [-0.3, -0.25) is 4.99 Å². The van der Waals surface area contributed by atoms with Crippen LogP contribution >= 0.6 is 0 Å². The second kappa shape index (κ2) is 9.16. The van der Waals surface area contributed by atoms with E-state index in [0.717, 1.165) is 42.2 Å². The SMILES string of the molecule is CCc1noc(-c2ccc(CCNC(=NC)NCc3nc(C)c(C)o3)cc2)n1. The quantitative estimate of drug-likeness (QED) is 0.478. The fraction of sp³-hybridized carbons (Fsp3) is 0.400. The first-order valence-electron chi connectivity index (χ1n) is 9.38. The minimum Gasteiger partial charge on any atom is -0.444 e. The highest BCUT2D eigenvalue weighted by Crippen LogP contribution is 2.18. The van der Waals surface area contributed by atoms with Crippen molar-refractivity contribution in [3.05, 3.63) is 53.0 Å². The number of aliphatic imine (C=N–C) groups is 1. The lowest BCUT2D eigenvalue weighted by Gasteiger charge is -2.10. The first kappa shape index (κ1) is 19.6. The molecule has 0 spiro atoms. The van der Waals surface area contributed by atoms with Gasteiger partial charge in [-0.15, -0.1) is 0 Å². The number of benzene rings is 1. The van der Waals surface area contributed by atoms with E-state index in [1.807, 2.05) is 32.9 Å². The fourth-order valence-corrected chi connectivity index (χ4v) is 2.65. The van der Waals surface area contributed by atoms with Crippen LogP contribution in [-0.4, -0.2) is 34.7 Å². The number of hydrogen-bond acceptors (Lipinski definition) is 6. The van der Waals surface area contributed by atoms with E-state index < -0.39 is 0 Å². The number of hydrogen-bond donors (Lipinski definition) is 2. The van der Waals surface area contributed by atoms with Gasteiger partial charge in [0.1, 0.15) is 5.76 Å². The summed E-state index contributed by atoms with van der Waals surface area (Å²) in [5.74, 6) is 3.49. The molecule has 0 radical (unpaired) electrons. The van der Waals surface area contributed by atoms with Gasteiger partial charge in [-0.2, -0.15) is 4.98 Å². The number of aryl methyl sites for hydroxylation is 3. The van der Waals surface area contributed by atoms with Crippen LogP contribution in [0, 0.1) is 13.8 Å². The predicted molar refractivity (Wildman–Crippen MR) is 107 cm³/mol. The van der Waals surface area contributed by atoms with Crippen molar-refractivity contribution in [3.63, 3.8) is 0 Å². The molecular weight excluding hydrogens is 356 g/mol. The number of guanidine groups is 1. The molecule has 2 heterocycles. The van der Waals surface area contributed by atoms with Crippen molar-refractivity contribution >= 4 is 5.96 Å². The van der Waals surface area contributed by atoms with Crippen molar-refractivity contribution in [2.45, 2.75) is 40.2 Å². The van der Waals surface area contributed by atoms with Gasteiger partial charge >= 0.3 is 0 Å². The third-order valence-corrected chi connectivity index (χ3v) is 4.39. The molecule has 0 aliphatic rings. The van der Waals surface area contributed by atoms with Gasteiger partial charge in [0.05, 0.1) is 12.2 Å². The summed E-state index contributed by atoms with van der Waals surface area (Å²) < 4.78 is 10.8. The van der Waals surface area contributed by atoms with Gasteiger partial charge in [-0.1, -0.05) is 24.2 Å². The summed E-state index contributed by atoms with van der Waals surface area (Å²) in [6.07, 6.45) is 1.63. The van der Waals surface area contributed by atoms with Gasteiger partial charge in [0, 0.05) is 25.6 Å². The lowest BCUT2D eigenvalue weighted by molar-refractivity contribution is 0.423. The molecule has 0 atom stereocenters. The molecule has 0 bridgehead atoms. The average molecular weight is 382 g/mol. The molecule has 0 saturated heterocycles.